The molecule has 1 fully saturated rings. The minimum Gasteiger partial charge on any atom is -0.446 e. The summed E-state index contributed by atoms with van der Waals surface area (Å²) in [6.07, 6.45) is 0.0569. The molecule has 0 radical (unpaired) electrons. The average molecular weight is 196 g/mol. The first-order valence-electron chi connectivity index (χ1n) is 3.54. The second-order valence-corrected chi connectivity index (χ2v) is 4.51. The van der Waals surface area contributed by atoms with Crippen LogP contribution in [0.25, 0.3) is 0 Å². The molecule has 0 aromatic carbocycles. The zero-order valence-electron chi connectivity index (χ0n) is 6.89. The number of ether oxygens (including phenoxy) is 1. The van der Waals surface area contributed by atoms with Gasteiger partial charge in [0, 0.05) is 13.3 Å². The van der Waals surface area contributed by atoms with Gasteiger partial charge in [0.1, 0.15) is 10.9 Å². The molecule has 1 saturated heterocycles. The van der Waals surface area contributed by atoms with E-state index in [1.165, 1.54) is 6.92 Å². The smallest absolute Gasteiger partial charge is 0.303 e. The fraction of sp³-hybridized carbons (Fsp3) is 0.833. The molecule has 0 aromatic rings. The third-order valence-corrected chi connectivity index (χ3v) is 3.06. The number of hydrogen-bond donors (Lipinski definition) is 2. The monoisotopic (exact) mass is 196 g/mol. The van der Waals surface area contributed by atoms with E-state index in [1.54, 1.807) is 6.92 Å². The molecule has 1 aliphatic heterocycles. The molecule has 0 bridgehead atoms. The van der Waals surface area contributed by atoms with Gasteiger partial charge in [-0.05, 0) is 6.92 Å². The van der Waals surface area contributed by atoms with E-state index in [2.05, 4.69) is 4.74 Å². The van der Waals surface area contributed by atoms with E-state index >= 15 is 0 Å². The molecule has 2 unspecified atom stereocenters. The van der Waals surface area contributed by atoms with E-state index < -0.39 is 22.3 Å². The van der Waals surface area contributed by atoms with E-state index in [-0.39, 0.29) is 6.10 Å². The van der Waals surface area contributed by atoms with Crippen LogP contribution in [0.4, 0.5) is 0 Å². The fourth-order valence-corrected chi connectivity index (χ4v) is 2.50. The van der Waals surface area contributed by atoms with Crippen LogP contribution in [0.3, 0.4) is 0 Å². The Morgan fingerprint density at radius 3 is 2.58 bits per heavy atom. The van der Waals surface area contributed by atoms with Crippen LogP contribution in [0.1, 0.15) is 20.3 Å². The summed E-state index contributed by atoms with van der Waals surface area (Å²) in [5.41, 5.74) is -0.898. The molecule has 2 N–H and O–H groups in total. The first-order valence-corrected chi connectivity index (χ1v) is 5.08. The lowest BCUT2D eigenvalue weighted by Gasteiger charge is -2.25. The van der Waals surface area contributed by atoms with Crippen LogP contribution < -0.4 is 0 Å². The largest absolute Gasteiger partial charge is 0.446 e. The highest BCUT2D eigenvalue weighted by Gasteiger charge is 2.43. The number of carbonyl (C=O) groups excluding carboxylic acids is 1. The number of esters is 1. The van der Waals surface area contributed by atoms with E-state index in [1.807, 2.05) is 0 Å². The molecule has 72 valence electrons. The molecule has 5 nitrogen and oxygen atoms in total. The van der Waals surface area contributed by atoms with Gasteiger partial charge in [-0.15, -0.1) is 0 Å². The first kappa shape index (κ1) is 9.79. The highest BCUT2D eigenvalue weighted by Crippen LogP contribution is 2.54. The molecule has 0 aromatic heterocycles. The highest BCUT2D eigenvalue weighted by molar-refractivity contribution is 8.20. The molecule has 0 amide bonds. The average Bonchev–Trinajstić information content (AvgIpc) is 2.04. The number of rotatable bonds is 1. The van der Waals surface area contributed by atoms with Crippen molar-refractivity contribution in [2.75, 3.05) is 0 Å². The molecule has 1 aliphatic rings. The summed E-state index contributed by atoms with van der Waals surface area (Å²) in [6, 6.07) is 0. The van der Waals surface area contributed by atoms with Crippen molar-refractivity contribution in [2.45, 2.75) is 31.8 Å². The van der Waals surface area contributed by atoms with Gasteiger partial charge in [0.2, 0.25) is 5.44 Å². The third-order valence-electron chi connectivity index (χ3n) is 1.47. The van der Waals surface area contributed by atoms with Gasteiger partial charge in [0.15, 0.2) is 0 Å². The second kappa shape index (κ2) is 3.21. The van der Waals surface area contributed by atoms with Crippen molar-refractivity contribution in [3.63, 3.8) is 0 Å². The molecular formula is C6H12O5S. The van der Waals surface area contributed by atoms with E-state index in [0.29, 0.717) is 6.42 Å². The lowest BCUT2D eigenvalue weighted by atomic mass is 10.3. The lowest BCUT2D eigenvalue weighted by Crippen LogP contribution is -2.18. The van der Waals surface area contributed by atoms with Crippen molar-refractivity contribution in [2.24, 2.45) is 0 Å². The van der Waals surface area contributed by atoms with Crippen LogP contribution in [0.15, 0.2) is 0 Å². The van der Waals surface area contributed by atoms with Gasteiger partial charge in [-0.1, -0.05) is 0 Å². The second-order valence-electron chi connectivity index (χ2n) is 2.72. The van der Waals surface area contributed by atoms with Crippen molar-refractivity contribution >= 4 is 16.8 Å². The van der Waals surface area contributed by atoms with Gasteiger partial charge in [0.05, 0.1) is 6.10 Å². The molecule has 1 rings (SSSR count). The maximum Gasteiger partial charge on any atom is 0.303 e. The van der Waals surface area contributed by atoms with Crippen molar-refractivity contribution in [3.05, 3.63) is 0 Å². The summed E-state index contributed by atoms with van der Waals surface area (Å²) >= 11 is 0. The Balaban J connectivity index is 2.59. The van der Waals surface area contributed by atoms with Gasteiger partial charge >= 0.3 is 5.97 Å². The molecule has 6 heteroatoms. The van der Waals surface area contributed by atoms with Crippen LogP contribution in [-0.4, -0.2) is 26.6 Å². The third kappa shape index (κ3) is 2.10. The minimum atomic E-state index is -3.17. The number of hydrogen-bond acceptors (Lipinski definition) is 5. The van der Waals surface area contributed by atoms with Crippen LogP contribution in [-0.2, 0) is 13.7 Å². The number of carbonyl (C=O) groups is 1. The summed E-state index contributed by atoms with van der Waals surface area (Å²) in [7, 11) is -3.17. The maximum atomic E-state index is 10.5. The van der Waals surface area contributed by atoms with Gasteiger partial charge in [-0.25, -0.2) is 0 Å². The summed E-state index contributed by atoms with van der Waals surface area (Å²) < 4.78 is 27.9. The van der Waals surface area contributed by atoms with E-state index in [9.17, 15) is 13.9 Å². The Bertz CT molecular complexity index is 192. The standard InChI is InChI=1S/C6H12O5S/c1-4-3-6(10-5(2)7)12(8,9)11-4/h4,6,8-9H,3H2,1-2H3. The lowest BCUT2D eigenvalue weighted by molar-refractivity contribution is -0.143. The van der Waals surface area contributed by atoms with Crippen molar-refractivity contribution in [1.82, 2.24) is 0 Å². The molecule has 1 heterocycles. The van der Waals surface area contributed by atoms with Crippen molar-refractivity contribution < 1.29 is 22.8 Å². The summed E-state index contributed by atoms with van der Waals surface area (Å²) in [5, 5.41) is 0. The quantitative estimate of drug-likeness (QED) is 0.619. The normalized spacial score (nSPS) is 36.0. The molecule has 0 spiro atoms. The van der Waals surface area contributed by atoms with Crippen LogP contribution in [0.5, 0.6) is 0 Å². The van der Waals surface area contributed by atoms with Gasteiger partial charge < -0.3 is 13.8 Å². The topological polar surface area (TPSA) is 76.0 Å². The highest BCUT2D eigenvalue weighted by atomic mass is 32.3. The van der Waals surface area contributed by atoms with E-state index in [4.69, 9.17) is 4.18 Å². The predicted molar refractivity (Wildman–Crippen MR) is 43.6 cm³/mol. The Morgan fingerprint density at radius 1 is 1.67 bits per heavy atom. The predicted octanol–water partition coefficient (Wildman–Crippen LogP) is 1.35. The molecule has 12 heavy (non-hydrogen) atoms. The fourth-order valence-electron chi connectivity index (χ4n) is 1.04. The maximum absolute atomic E-state index is 10.5. The zero-order chi connectivity index (χ0) is 9.35. The van der Waals surface area contributed by atoms with Crippen LogP contribution in [0, 0.1) is 0 Å². The summed E-state index contributed by atoms with van der Waals surface area (Å²) in [5.74, 6) is -0.530. The van der Waals surface area contributed by atoms with Gasteiger partial charge in [-0.2, -0.15) is 0 Å². The molecule has 2 atom stereocenters. The Hall–Kier alpha value is -0.300. The van der Waals surface area contributed by atoms with Crippen molar-refractivity contribution in [3.8, 4) is 0 Å². The zero-order valence-corrected chi connectivity index (χ0v) is 7.71. The SMILES string of the molecule is CC(=O)OC1CC(C)OS1(O)O. The summed E-state index contributed by atoms with van der Waals surface area (Å²) in [4.78, 5) is 10.5. The van der Waals surface area contributed by atoms with Crippen LogP contribution >= 0.6 is 10.9 Å². The first-order chi connectivity index (χ1) is 5.42. The Morgan fingerprint density at radius 2 is 2.25 bits per heavy atom. The molecule has 0 aliphatic carbocycles. The molecule has 0 saturated carbocycles. The molecular weight excluding hydrogens is 184 g/mol. The van der Waals surface area contributed by atoms with Crippen LogP contribution in [0.2, 0.25) is 0 Å². The van der Waals surface area contributed by atoms with Crippen molar-refractivity contribution in [1.29, 1.82) is 0 Å². The summed E-state index contributed by atoms with van der Waals surface area (Å²) in [6.45, 7) is 2.91. The minimum absolute atomic E-state index is 0.278. The van der Waals surface area contributed by atoms with Gasteiger partial charge in [-0.3, -0.25) is 8.98 Å². The Kier molecular flexibility index (Phi) is 2.62. The van der Waals surface area contributed by atoms with E-state index in [0.717, 1.165) is 0 Å². The Labute approximate surface area is 72.2 Å². The van der Waals surface area contributed by atoms with Gasteiger partial charge in [0.25, 0.3) is 0 Å².